The van der Waals surface area contributed by atoms with Crippen LogP contribution in [0.3, 0.4) is 0 Å². The van der Waals surface area contributed by atoms with Crippen molar-refractivity contribution in [2.24, 2.45) is 4.99 Å². The van der Waals surface area contributed by atoms with E-state index in [0.717, 1.165) is 32.1 Å². The quantitative estimate of drug-likeness (QED) is 0.516. The van der Waals surface area contributed by atoms with Crippen LogP contribution >= 0.6 is 0 Å². The van der Waals surface area contributed by atoms with Crippen LogP contribution in [0.1, 0.15) is 26.3 Å². The molecule has 1 saturated heterocycles. The summed E-state index contributed by atoms with van der Waals surface area (Å²) in [6.45, 7) is 11.4. The summed E-state index contributed by atoms with van der Waals surface area (Å²) in [5.74, 6) is 0.474. The highest BCUT2D eigenvalue weighted by Crippen LogP contribution is 2.17. The van der Waals surface area contributed by atoms with Crippen molar-refractivity contribution in [3.05, 3.63) is 29.8 Å². The van der Waals surface area contributed by atoms with Crippen molar-refractivity contribution in [2.45, 2.75) is 33.3 Å². The molecule has 25 heavy (non-hydrogen) atoms. The molecular formula is C19H30N4O2. The summed E-state index contributed by atoms with van der Waals surface area (Å²) in [5.41, 5.74) is 2.06. The molecule has 0 bridgehead atoms. The van der Waals surface area contributed by atoms with E-state index in [1.54, 1.807) is 7.05 Å². The fourth-order valence-electron chi connectivity index (χ4n) is 2.86. The minimum atomic E-state index is -0.471. The Hall–Kier alpha value is -2.24. The number of carbonyl (C=O) groups excluding carboxylic acids is 1. The van der Waals surface area contributed by atoms with E-state index in [2.05, 4.69) is 51.3 Å². The van der Waals surface area contributed by atoms with Crippen molar-refractivity contribution in [1.82, 2.24) is 10.2 Å². The topological polar surface area (TPSA) is 57.2 Å². The number of rotatable bonds is 3. The molecule has 0 radical (unpaired) electrons. The maximum Gasteiger partial charge on any atom is 0.325 e. The molecule has 1 fully saturated rings. The van der Waals surface area contributed by atoms with E-state index in [9.17, 15) is 4.79 Å². The van der Waals surface area contributed by atoms with E-state index in [1.165, 1.54) is 11.3 Å². The molecule has 1 aromatic rings. The number of hydrogen-bond donors (Lipinski definition) is 1. The predicted octanol–water partition coefficient (Wildman–Crippen LogP) is 2.03. The molecule has 0 aromatic heterocycles. The smallest absolute Gasteiger partial charge is 0.325 e. The van der Waals surface area contributed by atoms with Crippen molar-refractivity contribution >= 4 is 17.6 Å². The molecule has 0 atom stereocenters. The van der Waals surface area contributed by atoms with Gasteiger partial charge in [0.05, 0.1) is 0 Å². The predicted molar refractivity (Wildman–Crippen MR) is 102 cm³/mol. The van der Waals surface area contributed by atoms with Crippen LogP contribution in [0.25, 0.3) is 0 Å². The van der Waals surface area contributed by atoms with Crippen LogP contribution in [0.5, 0.6) is 0 Å². The molecule has 6 nitrogen and oxygen atoms in total. The Morgan fingerprint density at radius 1 is 1.24 bits per heavy atom. The van der Waals surface area contributed by atoms with Gasteiger partial charge in [0.15, 0.2) is 5.96 Å². The number of benzene rings is 1. The van der Waals surface area contributed by atoms with Crippen LogP contribution in [0, 0.1) is 6.92 Å². The average molecular weight is 346 g/mol. The highest BCUT2D eigenvalue weighted by Gasteiger charge is 2.21. The van der Waals surface area contributed by atoms with Gasteiger partial charge in [-0.25, -0.2) is 0 Å². The molecule has 1 aromatic carbocycles. The molecule has 0 saturated carbocycles. The Kier molecular flexibility index (Phi) is 6.28. The maximum atomic E-state index is 11.9. The SMILES string of the molecule is CN=C(NCC(=O)OC(C)(C)C)N1CCN(c2cccc(C)c2)CC1. The molecule has 0 amide bonds. The van der Waals surface area contributed by atoms with E-state index in [4.69, 9.17) is 4.74 Å². The first-order valence-electron chi connectivity index (χ1n) is 8.77. The molecule has 0 unspecified atom stereocenters. The third-order valence-corrected chi connectivity index (χ3v) is 3.97. The molecule has 138 valence electrons. The molecule has 1 N–H and O–H groups in total. The lowest BCUT2D eigenvalue weighted by atomic mass is 10.2. The number of esters is 1. The highest BCUT2D eigenvalue weighted by atomic mass is 16.6. The molecule has 1 aliphatic rings. The number of aryl methyl sites for hydroxylation is 1. The van der Waals surface area contributed by atoms with Gasteiger partial charge in [-0.05, 0) is 45.4 Å². The number of ether oxygens (including phenoxy) is 1. The highest BCUT2D eigenvalue weighted by molar-refractivity contribution is 5.84. The average Bonchev–Trinajstić information content (AvgIpc) is 2.54. The van der Waals surface area contributed by atoms with Gasteiger partial charge < -0.3 is 19.9 Å². The number of aliphatic imine (C=N–C) groups is 1. The zero-order valence-electron chi connectivity index (χ0n) is 16.0. The van der Waals surface area contributed by atoms with Crippen LogP contribution in [-0.2, 0) is 9.53 Å². The molecule has 1 aliphatic heterocycles. The number of hydrogen-bond acceptors (Lipinski definition) is 4. The standard InChI is InChI=1S/C19H30N4O2/c1-15-7-6-8-16(13-15)22-9-11-23(12-10-22)18(20-5)21-14-17(24)25-19(2,3)4/h6-8,13H,9-12,14H2,1-5H3,(H,20,21). The summed E-state index contributed by atoms with van der Waals surface area (Å²) < 4.78 is 5.32. The summed E-state index contributed by atoms with van der Waals surface area (Å²) >= 11 is 0. The minimum Gasteiger partial charge on any atom is -0.459 e. The van der Waals surface area contributed by atoms with Crippen LogP contribution in [0.4, 0.5) is 5.69 Å². The van der Waals surface area contributed by atoms with E-state index in [1.807, 2.05) is 20.8 Å². The molecular weight excluding hydrogens is 316 g/mol. The third-order valence-electron chi connectivity index (χ3n) is 3.97. The lowest BCUT2D eigenvalue weighted by Gasteiger charge is -2.37. The summed E-state index contributed by atoms with van der Waals surface area (Å²) in [4.78, 5) is 20.7. The van der Waals surface area contributed by atoms with Crippen molar-refractivity contribution < 1.29 is 9.53 Å². The minimum absolute atomic E-state index is 0.127. The Morgan fingerprint density at radius 2 is 1.92 bits per heavy atom. The van der Waals surface area contributed by atoms with Crippen molar-refractivity contribution in [3.8, 4) is 0 Å². The normalized spacial score (nSPS) is 16.0. The van der Waals surface area contributed by atoms with Crippen LogP contribution in [0.2, 0.25) is 0 Å². The second-order valence-corrected chi connectivity index (χ2v) is 7.30. The zero-order valence-corrected chi connectivity index (χ0v) is 16.0. The van der Waals surface area contributed by atoms with Gasteiger partial charge in [0.1, 0.15) is 12.1 Å². The Bertz CT molecular complexity index is 614. The number of nitrogens with one attached hydrogen (secondary N) is 1. The number of carbonyl (C=O) groups is 1. The first-order valence-corrected chi connectivity index (χ1v) is 8.77. The van der Waals surface area contributed by atoms with Gasteiger partial charge in [-0.1, -0.05) is 12.1 Å². The lowest BCUT2D eigenvalue weighted by Crippen LogP contribution is -2.53. The summed E-state index contributed by atoms with van der Waals surface area (Å²) in [6, 6.07) is 8.57. The van der Waals surface area contributed by atoms with Crippen LogP contribution in [0.15, 0.2) is 29.3 Å². The van der Waals surface area contributed by atoms with Crippen molar-refractivity contribution in [3.63, 3.8) is 0 Å². The van der Waals surface area contributed by atoms with Gasteiger partial charge in [-0.15, -0.1) is 0 Å². The Morgan fingerprint density at radius 3 is 2.48 bits per heavy atom. The molecule has 0 spiro atoms. The Balaban J connectivity index is 1.85. The number of nitrogens with zero attached hydrogens (tertiary/aromatic N) is 3. The van der Waals surface area contributed by atoms with E-state index in [-0.39, 0.29) is 12.5 Å². The first-order chi connectivity index (χ1) is 11.8. The number of piperazine rings is 1. The van der Waals surface area contributed by atoms with Crippen molar-refractivity contribution in [2.75, 3.05) is 44.7 Å². The zero-order chi connectivity index (χ0) is 18.4. The van der Waals surface area contributed by atoms with E-state index >= 15 is 0 Å². The molecule has 6 heteroatoms. The number of guanidine groups is 1. The first kappa shape index (κ1) is 19.1. The fraction of sp³-hybridized carbons (Fsp3) is 0.579. The van der Waals surface area contributed by atoms with Crippen LogP contribution < -0.4 is 10.2 Å². The lowest BCUT2D eigenvalue weighted by molar-refractivity contribution is -0.153. The monoisotopic (exact) mass is 346 g/mol. The second kappa shape index (κ2) is 8.23. The summed E-state index contributed by atoms with van der Waals surface area (Å²) in [7, 11) is 1.74. The van der Waals surface area contributed by atoms with E-state index in [0.29, 0.717) is 0 Å². The third kappa shape index (κ3) is 5.96. The van der Waals surface area contributed by atoms with E-state index < -0.39 is 5.60 Å². The summed E-state index contributed by atoms with van der Waals surface area (Å²) in [6.07, 6.45) is 0. The second-order valence-electron chi connectivity index (χ2n) is 7.30. The maximum absolute atomic E-state index is 11.9. The fourth-order valence-corrected chi connectivity index (χ4v) is 2.86. The molecule has 2 rings (SSSR count). The number of anilines is 1. The molecule has 0 aliphatic carbocycles. The van der Waals surface area contributed by atoms with Crippen LogP contribution in [-0.4, -0.2) is 62.2 Å². The van der Waals surface area contributed by atoms with Gasteiger partial charge in [0.2, 0.25) is 0 Å². The van der Waals surface area contributed by atoms with Gasteiger partial charge in [0.25, 0.3) is 0 Å². The Labute approximate surface area is 150 Å². The van der Waals surface area contributed by atoms with Gasteiger partial charge in [-0.2, -0.15) is 0 Å². The van der Waals surface area contributed by atoms with Gasteiger partial charge in [0, 0.05) is 38.9 Å². The van der Waals surface area contributed by atoms with Crippen molar-refractivity contribution in [1.29, 1.82) is 0 Å². The van der Waals surface area contributed by atoms with Gasteiger partial charge >= 0.3 is 5.97 Å². The summed E-state index contributed by atoms with van der Waals surface area (Å²) in [5, 5.41) is 3.11. The van der Waals surface area contributed by atoms with Gasteiger partial charge in [-0.3, -0.25) is 9.79 Å². The molecule has 1 heterocycles. The largest absolute Gasteiger partial charge is 0.459 e.